The van der Waals surface area contributed by atoms with Gasteiger partial charge in [0.05, 0.1) is 6.10 Å². The Hall–Kier alpha value is -1.21. The number of nitrogens with zero attached hydrogens (tertiary/aromatic N) is 1. The first kappa shape index (κ1) is 18.1. The summed E-state index contributed by atoms with van der Waals surface area (Å²) < 4.78 is 26.4. The summed E-state index contributed by atoms with van der Waals surface area (Å²) in [6.45, 7) is 5.06. The van der Waals surface area contributed by atoms with E-state index in [1.165, 1.54) is 5.41 Å². The molecule has 0 amide bonds. The Labute approximate surface area is 139 Å². The number of benzene rings is 1. The highest BCUT2D eigenvalue weighted by molar-refractivity contribution is 7.92. The molecule has 1 aliphatic rings. The predicted molar refractivity (Wildman–Crippen MR) is 93.4 cm³/mol. The molecule has 0 saturated carbocycles. The van der Waals surface area contributed by atoms with Crippen molar-refractivity contribution in [1.29, 1.82) is 0 Å². The lowest BCUT2D eigenvalue weighted by Crippen LogP contribution is -2.37. The minimum Gasteiger partial charge on any atom is -0.393 e. The zero-order valence-corrected chi connectivity index (χ0v) is 14.4. The third kappa shape index (κ3) is 6.83. The quantitative estimate of drug-likeness (QED) is 0.743. The smallest absolute Gasteiger partial charge is 0.233 e. The largest absolute Gasteiger partial charge is 0.393 e. The molecule has 1 saturated heterocycles. The number of aryl methyl sites for hydroxylation is 1. The van der Waals surface area contributed by atoms with Crippen molar-refractivity contribution in [2.45, 2.75) is 32.3 Å². The number of hydrogen-bond donors (Lipinski definition) is 2. The summed E-state index contributed by atoms with van der Waals surface area (Å²) in [4.78, 5) is 2.27. The Morgan fingerprint density at radius 1 is 1.26 bits per heavy atom. The molecule has 1 aromatic rings. The Balaban J connectivity index is 1.70. The van der Waals surface area contributed by atoms with Crippen molar-refractivity contribution in [2.24, 2.45) is 0 Å². The molecule has 1 aliphatic heterocycles. The highest BCUT2D eigenvalue weighted by atomic mass is 32.2. The fourth-order valence-electron chi connectivity index (χ4n) is 2.55. The molecule has 0 bridgehead atoms. The number of aliphatic hydroxyl groups excluding tert-OH is 1. The number of likely N-dealkylation sites (tertiary alicyclic amines) is 1. The van der Waals surface area contributed by atoms with Gasteiger partial charge in [-0.05, 0) is 44.4 Å². The predicted octanol–water partition coefficient (Wildman–Crippen LogP) is 1.73. The maximum absolute atomic E-state index is 11.9. The van der Waals surface area contributed by atoms with E-state index < -0.39 is 10.0 Å². The van der Waals surface area contributed by atoms with Crippen LogP contribution in [0.2, 0.25) is 0 Å². The van der Waals surface area contributed by atoms with Crippen LogP contribution >= 0.6 is 0 Å². The van der Waals surface area contributed by atoms with E-state index in [4.69, 9.17) is 0 Å². The van der Waals surface area contributed by atoms with Crippen molar-refractivity contribution in [3.63, 3.8) is 0 Å². The Morgan fingerprint density at radius 3 is 2.57 bits per heavy atom. The summed E-state index contributed by atoms with van der Waals surface area (Å²) >= 11 is 0. The summed E-state index contributed by atoms with van der Waals surface area (Å²) in [5, 5.41) is 10.7. The highest BCUT2D eigenvalue weighted by Crippen LogP contribution is 2.10. The van der Waals surface area contributed by atoms with Gasteiger partial charge in [0.15, 0.2) is 0 Å². The number of rotatable bonds is 7. The van der Waals surface area contributed by atoms with Crippen LogP contribution in [0.25, 0.3) is 6.08 Å². The molecule has 6 heteroatoms. The molecule has 2 rings (SSSR count). The molecule has 0 aliphatic carbocycles. The van der Waals surface area contributed by atoms with Crippen LogP contribution < -0.4 is 4.72 Å². The van der Waals surface area contributed by atoms with Crippen LogP contribution in [0.1, 0.15) is 30.4 Å². The zero-order chi connectivity index (χ0) is 16.7. The number of aliphatic hydroxyl groups is 1. The summed E-state index contributed by atoms with van der Waals surface area (Å²) in [7, 11) is -3.39. The maximum atomic E-state index is 11.9. The van der Waals surface area contributed by atoms with Crippen molar-refractivity contribution in [3.8, 4) is 0 Å². The first-order valence-corrected chi connectivity index (χ1v) is 9.64. The second-order valence-electron chi connectivity index (χ2n) is 6.08. The molecule has 23 heavy (non-hydrogen) atoms. The minimum atomic E-state index is -3.39. The van der Waals surface area contributed by atoms with Crippen LogP contribution in [0, 0.1) is 6.92 Å². The van der Waals surface area contributed by atoms with E-state index in [0.29, 0.717) is 6.54 Å². The van der Waals surface area contributed by atoms with Crippen LogP contribution in [0.15, 0.2) is 29.7 Å². The lowest BCUT2D eigenvalue weighted by molar-refractivity contribution is 0.0823. The van der Waals surface area contributed by atoms with Crippen LogP contribution in [0.5, 0.6) is 0 Å². The van der Waals surface area contributed by atoms with E-state index in [9.17, 15) is 13.5 Å². The summed E-state index contributed by atoms with van der Waals surface area (Å²) in [6.07, 6.45) is 3.83. The van der Waals surface area contributed by atoms with E-state index in [0.717, 1.165) is 50.0 Å². The normalized spacial score (nSPS) is 17.8. The van der Waals surface area contributed by atoms with Crippen LogP contribution in [0.4, 0.5) is 0 Å². The Morgan fingerprint density at radius 2 is 1.91 bits per heavy atom. The second kappa shape index (κ2) is 8.59. The monoisotopic (exact) mass is 338 g/mol. The fourth-order valence-corrected chi connectivity index (χ4v) is 3.42. The van der Waals surface area contributed by atoms with E-state index in [1.807, 2.05) is 31.2 Å². The van der Waals surface area contributed by atoms with E-state index in [1.54, 1.807) is 6.08 Å². The summed E-state index contributed by atoms with van der Waals surface area (Å²) in [5.74, 6) is 0. The molecular formula is C17H26N2O3S. The van der Waals surface area contributed by atoms with Gasteiger partial charge in [0.25, 0.3) is 0 Å². The molecule has 0 radical (unpaired) electrons. The van der Waals surface area contributed by atoms with Gasteiger partial charge in [0, 0.05) is 25.0 Å². The zero-order valence-electron chi connectivity index (χ0n) is 13.6. The SMILES string of the molecule is Cc1ccc(/C=C/S(=O)(=O)NCCCN2CCC(O)CC2)cc1. The van der Waals surface area contributed by atoms with Gasteiger partial charge >= 0.3 is 0 Å². The van der Waals surface area contributed by atoms with Crippen molar-refractivity contribution >= 4 is 16.1 Å². The number of hydrogen-bond acceptors (Lipinski definition) is 4. The first-order chi connectivity index (χ1) is 10.9. The average Bonchev–Trinajstić information content (AvgIpc) is 2.53. The van der Waals surface area contributed by atoms with Gasteiger partial charge in [0.2, 0.25) is 10.0 Å². The minimum absolute atomic E-state index is 0.170. The Bertz CT molecular complexity index is 603. The molecule has 0 unspecified atom stereocenters. The van der Waals surface area contributed by atoms with Crippen LogP contribution in [-0.2, 0) is 10.0 Å². The average molecular weight is 338 g/mol. The van der Waals surface area contributed by atoms with Gasteiger partial charge in [-0.25, -0.2) is 13.1 Å². The molecule has 1 fully saturated rings. The first-order valence-electron chi connectivity index (χ1n) is 8.09. The lowest BCUT2D eigenvalue weighted by atomic mass is 10.1. The van der Waals surface area contributed by atoms with Crippen molar-refractivity contribution in [2.75, 3.05) is 26.2 Å². The van der Waals surface area contributed by atoms with Gasteiger partial charge in [-0.15, -0.1) is 0 Å². The van der Waals surface area contributed by atoms with E-state index in [2.05, 4.69) is 9.62 Å². The molecule has 5 nitrogen and oxygen atoms in total. The second-order valence-corrected chi connectivity index (χ2v) is 7.73. The molecule has 1 aromatic carbocycles. The van der Waals surface area contributed by atoms with Gasteiger partial charge in [-0.2, -0.15) is 0 Å². The molecule has 128 valence electrons. The topological polar surface area (TPSA) is 69.6 Å². The maximum Gasteiger partial charge on any atom is 0.233 e. The highest BCUT2D eigenvalue weighted by Gasteiger charge is 2.16. The molecule has 0 spiro atoms. The van der Waals surface area contributed by atoms with E-state index >= 15 is 0 Å². The van der Waals surface area contributed by atoms with Crippen LogP contribution in [0.3, 0.4) is 0 Å². The van der Waals surface area contributed by atoms with Crippen molar-refractivity contribution in [3.05, 3.63) is 40.8 Å². The molecule has 1 heterocycles. The molecule has 2 N–H and O–H groups in total. The third-order valence-corrected chi connectivity index (χ3v) is 5.13. The molecule has 0 atom stereocenters. The summed E-state index contributed by atoms with van der Waals surface area (Å²) in [5.41, 5.74) is 2.02. The van der Waals surface area contributed by atoms with Gasteiger partial charge in [-0.3, -0.25) is 0 Å². The fraction of sp³-hybridized carbons (Fsp3) is 0.529. The number of sulfonamides is 1. The summed E-state index contributed by atoms with van der Waals surface area (Å²) in [6, 6.07) is 7.70. The Kier molecular flexibility index (Phi) is 6.77. The van der Waals surface area contributed by atoms with Gasteiger partial charge in [-0.1, -0.05) is 29.8 Å². The number of piperidine rings is 1. The third-order valence-electron chi connectivity index (χ3n) is 4.03. The van der Waals surface area contributed by atoms with E-state index in [-0.39, 0.29) is 6.10 Å². The standard InChI is InChI=1S/C17H26N2O3S/c1-15-3-5-16(6-4-15)9-14-23(21,22)18-10-2-11-19-12-7-17(20)8-13-19/h3-6,9,14,17-18,20H,2,7-8,10-13H2,1H3/b14-9+. The van der Waals surface area contributed by atoms with Gasteiger partial charge < -0.3 is 10.0 Å². The molecule has 0 aromatic heterocycles. The van der Waals surface area contributed by atoms with Crippen molar-refractivity contribution < 1.29 is 13.5 Å². The lowest BCUT2D eigenvalue weighted by Gasteiger charge is -2.29. The van der Waals surface area contributed by atoms with Gasteiger partial charge in [0.1, 0.15) is 0 Å². The number of nitrogens with one attached hydrogen (secondary N) is 1. The molecular weight excluding hydrogens is 312 g/mol. The van der Waals surface area contributed by atoms with Crippen LogP contribution in [-0.4, -0.2) is 50.7 Å². The van der Waals surface area contributed by atoms with Crippen molar-refractivity contribution in [1.82, 2.24) is 9.62 Å².